The highest BCUT2D eigenvalue weighted by atomic mass is 16.2. The Morgan fingerprint density at radius 2 is 2.21 bits per heavy atom. The van der Waals surface area contributed by atoms with Crippen LogP contribution in [0.3, 0.4) is 0 Å². The molecule has 19 heavy (non-hydrogen) atoms. The quantitative estimate of drug-likeness (QED) is 0.874. The number of amides is 2. The predicted octanol–water partition coefficient (Wildman–Crippen LogP) is 1.35. The van der Waals surface area contributed by atoms with Crippen LogP contribution in [0.5, 0.6) is 0 Å². The molecule has 1 aliphatic rings. The lowest BCUT2D eigenvalue weighted by Gasteiger charge is -2.23. The van der Waals surface area contributed by atoms with Gasteiger partial charge in [-0.05, 0) is 32.9 Å². The first-order valence-electron chi connectivity index (χ1n) is 6.39. The number of nitrogens with zero attached hydrogens (tertiary/aromatic N) is 2. The van der Waals surface area contributed by atoms with Gasteiger partial charge in [-0.2, -0.15) is 0 Å². The van der Waals surface area contributed by atoms with Crippen LogP contribution in [0.1, 0.15) is 27.2 Å². The van der Waals surface area contributed by atoms with E-state index in [9.17, 15) is 9.59 Å². The van der Waals surface area contributed by atoms with Crippen LogP contribution in [-0.2, 0) is 9.59 Å². The molecular weight excluding hydrogens is 242 g/mol. The van der Waals surface area contributed by atoms with Crippen LogP contribution in [-0.4, -0.2) is 28.9 Å². The van der Waals surface area contributed by atoms with Crippen molar-refractivity contribution in [1.29, 1.82) is 0 Å². The van der Waals surface area contributed by atoms with Gasteiger partial charge < -0.3 is 10.2 Å². The summed E-state index contributed by atoms with van der Waals surface area (Å²) in [4.78, 5) is 29.7. The molecule has 5 heteroatoms. The second-order valence-corrected chi connectivity index (χ2v) is 5.86. The number of carbonyl (C=O) groups is 2. The van der Waals surface area contributed by atoms with E-state index in [0.717, 1.165) is 5.69 Å². The Hall–Kier alpha value is -1.91. The summed E-state index contributed by atoms with van der Waals surface area (Å²) in [5.74, 6) is -0.374. The molecule has 2 rings (SSSR count). The molecule has 1 atom stereocenters. The van der Waals surface area contributed by atoms with Gasteiger partial charge in [0, 0.05) is 24.7 Å². The zero-order valence-corrected chi connectivity index (χ0v) is 11.5. The molecule has 0 spiro atoms. The summed E-state index contributed by atoms with van der Waals surface area (Å²) in [7, 11) is 0. The van der Waals surface area contributed by atoms with E-state index in [1.54, 1.807) is 23.4 Å². The number of anilines is 1. The highest BCUT2D eigenvalue weighted by Crippen LogP contribution is 2.24. The number of hydrogen-bond donors (Lipinski definition) is 1. The van der Waals surface area contributed by atoms with Gasteiger partial charge in [-0.15, -0.1) is 0 Å². The van der Waals surface area contributed by atoms with Crippen molar-refractivity contribution in [2.24, 2.45) is 5.92 Å². The number of nitrogens with one attached hydrogen (secondary N) is 1. The van der Waals surface area contributed by atoms with Crippen LogP contribution in [0.2, 0.25) is 0 Å². The number of hydrogen-bond acceptors (Lipinski definition) is 3. The van der Waals surface area contributed by atoms with E-state index in [2.05, 4.69) is 10.3 Å². The molecule has 0 saturated carbocycles. The first-order valence-corrected chi connectivity index (χ1v) is 6.39. The van der Waals surface area contributed by atoms with Crippen LogP contribution in [0.25, 0.3) is 0 Å². The van der Waals surface area contributed by atoms with E-state index in [1.807, 2.05) is 26.8 Å². The average Bonchev–Trinajstić information content (AvgIpc) is 2.70. The first-order chi connectivity index (χ1) is 8.87. The lowest BCUT2D eigenvalue weighted by molar-refractivity contribution is -0.127. The summed E-state index contributed by atoms with van der Waals surface area (Å²) in [6.45, 7) is 6.22. The van der Waals surface area contributed by atoms with Crippen molar-refractivity contribution in [3.8, 4) is 0 Å². The smallest absolute Gasteiger partial charge is 0.227 e. The highest BCUT2D eigenvalue weighted by molar-refractivity contribution is 6.00. The lowest BCUT2D eigenvalue weighted by atomic mass is 10.0. The van der Waals surface area contributed by atoms with E-state index in [0.29, 0.717) is 6.54 Å². The summed E-state index contributed by atoms with van der Waals surface area (Å²) in [5.41, 5.74) is 0.473. The van der Waals surface area contributed by atoms with Gasteiger partial charge in [0.1, 0.15) is 0 Å². The Morgan fingerprint density at radius 1 is 1.47 bits per heavy atom. The third-order valence-corrected chi connectivity index (χ3v) is 2.95. The van der Waals surface area contributed by atoms with E-state index in [-0.39, 0.29) is 29.7 Å². The van der Waals surface area contributed by atoms with Gasteiger partial charge in [0.25, 0.3) is 0 Å². The molecule has 1 aromatic heterocycles. The molecule has 0 aromatic carbocycles. The molecule has 1 unspecified atom stereocenters. The van der Waals surface area contributed by atoms with E-state index in [1.165, 1.54) is 0 Å². The predicted molar refractivity (Wildman–Crippen MR) is 72.6 cm³/mol. The number of rotatable bonds is 2. The minimum absolute atomic E-state index is 0.0259. The van der Waals surface area contributed by atoms with Gasteiger partial charge in [0.2, 0.25) is 11.8 Å². The van der Waals surface area contributed by atoms with Crippen LogP contribution in [0.15, 0.2) is 24.5 Å². The zero-order chi connectivity index (χ0) is 14.0. The van der Waals surface area contributed by atoms with Gasteiger partial charge in [0.05, 0.1) is 17.8 Å². The van der Waals surface area contributed by atoms with Crippen molar-refractivity contribution in [3.05, 3.63) is 24.5 Å². The largest absolute Gasteiger partial charge is 0.351 e. The van der Waals surface area contributed by atoms with Crippen molar-refractivity contribution in [1.82, 2.24) is 10.3 Å². The average molecular weight is 261 g/mol. The standard InChI is InChI=1S/C14H19N3O2/c1-14(2,3)16-13(19)10-7-12(18)17(9-10)11-5-4-6-15-8-11/h4-6,8,10H,7,9H2,1-3H3,(H,16,19). The maximum absolute atomic E-state index is 12.1. The van der Waals surface area contributed by atoms with Crippen LogP contribution < -0.4 is 10.2 Å². The number of pyridine rings is 1. The molecule has 2 heterocycles. The summed E-state index contributed by atoms with van der Waals surface area (Å²) >= 11 is 0. The summed E-state index contributed by atoms with van der Waals surface area (Å²) in [5, 5.41) is 2.92. The molecule has 0 radical (unpaired) electrons. The van der Waals surface area contributed by atoms with E-state index < -0.39 is 0 Å². The van der Waals surface area contributed by atoms with E-state index in [4.69, 9.17) is 0 Å². The molecule has 0 bridgehead atoms. The molecule has 102 valence electrons. The number of aromatic nitrogens is 1. The van der Waals surface area contributed by atoms with Crippen molar-refractivity contribution in [3.63, 3.8) is 0 Å². The zero-order valence-electron chi connectivity index (χ0n) is 11.5. The normalized spacial score (nSPS) is 19.6. The molecule has 1 fully saturated rings. The third-order valence-electron chi connectivity index (χ3n) is 2.95. The van der Waals surface area contributed by atoms with Gasteiger partial charge in [-0.25, -0.2) is 0 Å². The summed E-state index contributed by atoms with van der Waals surface area (Å²) in [6, 6.07) is 3.61. The van der Waals surface area contributed by atoms with Crippen LogP contribution in [0, 0.1) is 5.92 Å². The molecule has 2 amide bonds. The molecule has 1 N–H and O–H groups in total. The minimum Gasteiger partial charge on any atom is -0.351 e. The fraction of sp³-hybridized carbons (Fsp3) is 0.500. The highest BCUT2D eigenvalue weighted by Gasteiger charge is 2.36. The van der Waals surface area contributed by atoms with Crippen molar-refractivity contribution in [2.45, 2.75) is 32.7 Å². The second kappa shape index (κ2) is 4.99. The lowest BCUT2D eigenvalue weighted by Crippen LogP contribution is -2.44. The molecule has 0 aliphatic carbocycles. The van der Waals surface area contributed by atoms with Gasteiger partial charge >= 0.3 is 0 Å². The SMILES string of the molecule is CC(C)(C)NC(=O)C1CC(=O)N(c2cccnc2)C1. The van der Waals surface area contributed by atoms with Gasteiger partial charge in [0.15, 0.2) is 0 Å². The third kappa shape index (κ3) is 3.30. The molecule has 1 aliphatic heterocycles. The Morgan fingerprint density at radius 3 is 2.79 bits per heavy atom. The molecule has 5 nitrogen and oxygen atoms in total. The van der Waals surface area contributed by atoms with E-state index >= 15 is 0 Å². The summed E-state index contributed by atoms with van der Waals surface area (Å²) in [6.07, 6.45) is 3.56. The Kier molecular flexibility index (Phi) is 3.55. The van der Waals surface area contributed by atoms with Gasteiger partial charge in [-0.3, -0.25) is 14.6 Å². The van der Waals surface area contributed by atoms with Gasteiger partial charge in [-0.1, -0.05) is 0 Å². The Bertz CT molecular complexity index is 479. The molecule has 1 saturated heterocycles. The maximum atomic E-state index is 12.1. The van der Waals surface area contributed by atoms with Crippen LogP contribution >= 0.6 is 0 Å². The monoisotopic (exact) mass is 261 g/mol. The first kappa shape index (κ1) is 13.5. The minimum atomic E-state index is -0.285. The van der Waals surface area contributed by atoms with Crippen molar-refractivity contribution < 1.29 is 9.59 Å². The Labute approximate surface area is 113 Å². The number of carbonyl (C=O) groups excluding carboxylic acids is 2. The Balaban J connectivity index is 2.06. The maximum Gasteiger partial charge on any atom is 0.227 e. The molecule has 1 aromatic rings. The van der Waals surface area contributed by atoms with Crippen LogP contribution in [0.4, 0.5) is 5.69 Å². The van der Waals surface area contributed by atoms with Crippen molar-refractivity contribution >= 4 is 17.5 Å². The second-order valence-electron chi connectivity index (χ2n) is 5.86. The topological polar surface area (TPSA) is 62.3 Å². The molecular formula is C14H19N3O2. The summed E-state index contributed by atoms with van der Waals surface area (Å²) < 4.78 is 0. The fourth-order valence-electron chi connectivity index (χ4n) is 2.12. The van der Waals surface area contributed by atoms with Crippen molar-refractivity contribution in [2.75, 3.05) is 11.4 Å². The fourth-order valence-corrected chi connectivity index (χ4v) is 2.12.